The molecule has 1 fully saturated rings. The molecule has 1 aromatic heterocycles. The third-order valence-corrected chi connectivity index (χ3v) is 5.28. The van der Waals surface area contributed by atoms with E-state index in [9.17, 15) is 26.7 Å². The molecule has 15 heteroatoms. The third kappa shape index (κ3) is 9.00. The van der Waals surface area contributed by atoms with E-state index in [0.29, 0.717) is 29.7 Å². The van der Waals surface area contributed by atoms with Gasteiger partial charge in [-0.2, -0.15) is 13.2 Å². The average Bonchev–Trinajstić information content (AvgIpc) is 3.36. The molecule has 3 aromatic rings. The summed E-state index contributed by atoms with van der Waals surface area (Å²) in [5, 5.41) is 20.7. The number of carboxylic acids is 1. The van der Waals surface area contributed by atoms with Crippen LogP contribution in [0.5, 0.6) is 0 Å². The lowest BCUT2D eigenvalue weighted by molar-refractivity contribution is -0.192. The molecule has 0 aliphatic carbocycles. The van der Waals surface area contributed by atoms with E-state index in [2.05, 4.69) is 25.7 Å². The maximum atomic E-state index is 13.8. The maximum absolute atomic E-state index is 13.8. The Hall–Kier alpha value is -4.11. The molecule has 10 nitrogen and oxygen atoms in total. The number of carbonyl (C=O) groups excluding carboxylic acids is 1. The van der Waals surface area contributed by atoms with Gasteiger partial charge in [0.2, 0.25) is 5.89 Å². The van der Waals surface area contributed by atoms with Gasteiger partial charge in [-0.15, -0.1) is 5.10 Å². The molecule has 4 rings (SSSR count). The van der Waals surface area contributed by atoms with Crippen molar-refractivity contribution in [1.29, 1.82) is 0 Å². The van der Waals surface area contributed by atoms with Crippen LogP contribution in [0.2, 0.25) is 0 Å². The monoisotopic (exact) mass is 557 g/mol. The smallest absolute Gasteiger partial charge is 0.475 e. The second-order valence-electron chi connectivity index (χ2n) is 8.08. The first kappa shape index (κ1) is 29.4. The molecule has 39 heavy (non-hydrogen) atoms. The second kappa shape index (κ2) is 13.6. The van der Waals surface area contributed by atoms with Crippen molar-refractivity contribution >= 4 is 23.6 Å². The fraction of sp³-hybridized carbons (Fsp3) is 0.333. The highest BCUT2D eigenvalue weighted by molar-refractivity contribution is 6.04. The molecular weight excluding hydrogens is 533 g/mol. The van der Waals surface area contributed by atoms with E-state index >= 15 is 0 Å². The van der Waals surface area contributed by atoms with Crippen molar-refractivity contribution in [2.75, 3.05) is 50.0 Å². The second-order valence-corrected chi connectivity index (χ2v) is 8.08. The zero-order chi connectivity index (χ0) is 28.4. The Bertz CT molecular complexity index is 1230. The first-order valence-electron chi connectivity index (χ1n) is 11.6. The highest BCUT2D eigenvalue weighted by atomic mass is 19.4. The number of carbonyl (C=O) groups is 2. The fourth-order valence-electron chi connectivity index (χ4n) is 3.34. The van der Waals surface area contributed by atoms with Gasteiger partial charge in [-0.3, -0.25) is 9.69 Å². The van der Waals surface area contributed by atoms with Crippen LogP contribution in [0.1, 0.15) is 16.8 Å². The minimum absolute atomic E-state index is 0.318. The van der Waals surface area contributed by atoms with Gasteiger partial charge in [-0.1, -0.05) is 11.2 Å². The number of aromatic nitrogens is 2. The maximum Gasteiger partial charge on any atom is 0.490 e. The number of nitrogens with one attached hydrogen (secondary N) is 2. The number of halogens is 5. The Balaban J connectivity index is 0.000000532. The van der Waals surface area contributed by atoms with E-state index in [4.69, 9.17) is 19.1 Å². The predicted octanol–water partition coefficient (Wildman–Crippen LogP) is 4.03. The van der Waals surface area contributed by atoms with Gasteiger partial charge in [-0.05, 0) is 49.4 Å². The third-order valence-electron chi connectivity index (χ3n) is 5.28. The van der Waals surface area contributed by atoms with Gasteiger partial charge >= 0.3 is 18.2 Å². The Labute approximate surface area is 218 Å². The van der Waals surface area contributed by atoms with Crippen LogP contribution < -0.4 is 10.6 Å². The van der Waals surface area contributed by atoms with Crippen LogP contribution >= 0.6 is 0 Å². The Morgan fingerprint density at radius 1 is 1.00 bits per heavy atom. The highest BCUT2D eigenvalue weighted by Crippen LogP contribution is 2.23. The molecule has 2 aromatic carbocycles. The van der Waals surface area contributed by atoms with Crippen LogP contribution in [-0.4, -0.2) is 77.6 Å². The number of hydrogen-bond donors (Lipinski definition) is 3. The zero-order valence-corrected chi connectivity index (χ0v) is 20.3. The molecule has 0 bridgehead atoms. The van der Waals surface area contributed by atoms with Crippen molar-refractivity contribution < 1.29 is 45.8 Å². The van der Waals surface area contributed by atoms with Crippen molar-refractivity contribution in [1.82, 2.24) is 15.1 Å². The van der Waals surface area contributed by atoms with Crippen molar-refractivity contribution in [3.05, 3.63) is 59.7 Å². The minimum Gasteiger partial charge on any atom is -0.475 e. The molecule has 0 unspecified atom stereocenters. The summed E-state index contributed by atoms with van der Waals surface area (Å²) in [6, 6.07) is 10.1. The van der Waals surface area contributed by atoms with Gasteiger partial charge in [0.15, 0.2) is 0 Å². The molecule has 210 valence electrons. The molecule has 1 saturated heterocycles. The standard InChI is InChI=1S/C22H23F2N5O3.C2HF3O2/c23-17-3-1-4-18(24)19(17)20(30)26-16-7-5-15(6-8-16)21-27-28-22(32-21)25-9-2-10-29-11-13-31-14-12-29;3-2(4,5)1(6)7/h1,3-8H,2,9-14H2,(H,25,28)(H,26,30);(H,6,7). The molecule has 3 N–H and O–H groups in total. The predicted molar refractivity (Wildman–Crippen MR) is 128 cm³/mol. The Kier molecular flexibility index (Phi) is 10.3. The lowest BCUT2D eigenvalue weighted by Gasteiger charge is -2.26. The quantitative estimate of drug-likeness (QED) is 0.278. The van der Waals surface area contributed by atoms with Crippen molar-refractivity contribution in [2.45, 2.75) is 12.6 Å². The van der Waals surface area contributed by atoms with Gasteiger partial charge in [-0.25, -0.2) is 13.6 Å². The van der Waals surface area contributed by atoms with E-state index in [0.717, 1.165) is 51.4 Å². The van der Waals surface area contributed by atoms with Gasteiger partial charge in [0.25, 0.3) is 5.91 Å². The molecular formula is C24H24F5N5O5. The van der Waals surface area contributed by atoms with Crippen LogP contribution in [0.25, 0.3) is 11.5 Å². The number of carboxylic acid groups (broad SMARTS) is 1. The van der Waals surface area contributed by atoms with Crippen LogP contribution in [0.4, 0.5) is 33.7 Å². The lowest BCUT2D eigenvalue weighted by Crippen LogP contribution is -2.37. The van der Waals surface area contributed by atoms with E-state index in [1.807, 2.05) is 0 Å². The van der Waals surface area contributed by atoms with Gasteiger partial charge in [0, 0.05) is 30.9 Å². The normalized spacial score (nSPS) is 13.8. The molecule has 0 atom stereocenters. The topological polar surface area (TPSA) is 130 Å². The van der Waals surface area contributed by atoms with E-state index in [-0.39, 0.29) is 0 Å². The van der Waals surface area contributed by atoms with Crippen LogP contribution in [0.15, 0.2) is 46.9 Å². The summed E-state index contributed by atoms with van der Waals surface area (Å²) in [7, 11) is 0. The van der Waals surface area contributed by atoms with Crippen LogP contribution in [-0.2, 0) is 9.53 Å². The number of anilines is 2. The largest absolute Gasteiger partial charge is 0.490 e. The Morgan fingerprint density at radius 3 is 2.21 bits per heavy atom. The summed E-state index contributed by atoms with van der Waals surface area (Å²) in [6.07, 6.45) is -4.14. The highest BCUT2D eigenvalue weighted by Gasteiger charge is 2.38. The van der Waals surface area contributed by atoms with E-state index in [1.165, 1.54) is 6.07 Å². The number of morpholine rings is 1. The number of hydrogen-bond acceptors (Lipinski definition) is 8. The van der Waals surface area contributed by atoms with E-state index in [1.54, 1.807) is 24.3 Å². The minimum atomic E-state index is -5.08. The lowest BCUT2D eigenvalue weighted by atomic mass is 10.1. The van der Waals surface area contributed by atoms with Gasteiger partial charge in [0.05, 0.1) is 13.2 Å². The molecule has 0 saturated carbocycles. The summed E-state index contributed by atoms with van der Waals surface area (Å²) in [5.74, 6) is -5.15. The number of amides is 1. The summed E-state index contributed by atoms with van der Waals surface area (Å²) in [4.78, 5) is 23.4. The summed E-state index contributed by atoms with van der Waals surface area (Å²) in [5.41, 5.74) is 0.397. The van der Waals surface area contributed by atoms with Crippen molar-refractivity contribution in [3.8, 4) is 11.5 Å². The Morgan fingerprint density at radius 2 is 1.62 bits per heavy atom. The summed E-state index contributed by atoms with van der Waals surface area (Å²) < 4.78 is 70.2. The number of aliphatic carboxylic acids is 1. The summed E-state index contributed by atoms with van der Waals surface area (Å²) in [6.45, 7) is 5.15. The first-order chi connectivity index (χ1) is 18.5. The van der Waals surface area contributed by atoms with Gasteiger partial charge < -0.3 is 24.9 Å². The van der Waals surface area contributed by atoms with E-state index < -0.39 is 35.3 Å². The SMILES string of the molecule is O=C(Nc1ccc(-c2nnc(NCCCN3CCOCC3)o2)cc1)c1c(F)cccc1F.O=C(O)C(F)(F)F. The zero-order valence-electron chi connectivity index (χ0n) is 20.3. The van der Waals surface area contributed by atoms with Crippen molar-refractivity contribution in [3.63, 3.8) is 0 Å². The van der Waals surface area contributed by atoms with Crippen molar-refractivity contribution in [2.24, 2.45) is 0 Å². The molecule has 2 heterocycles. The van der Waals surface area contributed by atoms with Gasteiger partial charge in [0.1, 0.15) is 17.2 Å². The number of alkyl halides is 3. The van der Waals surface area contributed by atoms with Crippen LogP contribution in [0, 0.1) is 11.6 Å². The number of ether oxygens (including phenoxy) is 1. The first-order valence-corrected chi connectivity index (χ1v) is 11.6. The summed E-state index contributed by atoms with van der Waals surface area (Å²) >= 11 is 0. The molecule has 1 aliphatic heterocycles. The average molecular weight is 557 g/mol. The van der Waals surface area contributed by atoms with Crippen LogP contribution in [0.3, 0.4) is 0 Å². The molecule has 1 aliphatic rings. The fourth-order valence-corrected chi connectivity index (χ4v) is 3.34. The number of nitrogens with zero attached hydrogens (tertiary/aromatic N) is 3. The molecule has 0 radical (unpaired) electrons. The molecule has 1 amide bonds. The molecule has 0 spiro atoms. The number of benzene rings is 2. The number of rotatable bonds is 8.